The molecule has 3 N–H and O–H groups in total. The molecule has 84 valence electrons. The summed E-state index contributed by atoms with van der Waals surface area (Å²) in [6.07, 6.45) is 0.601. The van der Waals surface area contributed by atoms with Gasteiger partial charge in [0.2, 0.25) is 0 Å². The van der Waals surface area contributed by atoms with E-state index in [1.54, 1.807) is 0 Å². The quantitative estimate of drug-likeness (QED) is 0.832. The van der Waals surface area contributed by atoms with Crippen molar-refractivity contribution >= 4 is 18.4 Å². The molecule has 1 atom stereocenters. The van der Waals surface area contributed by atoms with E-state index in [1.165, 1.54) is 0 Å². The van der Waals surface area contributed by atoms with Gasteiger partial charge in [-0.25, -0.2) is 0 Å². The summed E-state index contributed by atoms with van der Waals surface area (Å²) < 4.78 is 0. The molecule has 0 aliphatic rings. The third-order valence-corrected chi connectivity index (χ3v) is 2.30. The van der Waals surface area contributed by atoms with E-state index in [2.05, 4.69) is 0 Å². The highest BCUT2D eigenvalue weighted by molar-refractivity contribution is 5.85. The van der Waals surface area contributed by atoms with Crippen molar-refractivity contribution in [3.8, 4) is 0 Å². The van der Waals surface area contributed by atoms with E-state index in [9.17, 15) is 4.79 Å². The molecule has 15 heavy (non-hydrogen) atoms. The Morgan fingerprint density at radius 2 is 2.20 bits per heavy atom. The van der Waals surface area contributed by atoms with Crippen molar-refractivity contribution in [1.29, 1.82) is 0 Å². The van der Waals surface area contributed by atoms with Crippen LogP contribution in [0, 0.1) is 0 Å². The van der Waals surface area contributed by atoms with Gasteiger partial charge < -0.3 is 10.8 Å². The lowest BCUT2D eigenvalue weighted by Crippen LogP contribution is -2.11. The molecule has 0 aliphatic heterocycles. The van der Waals surface area contributed by atoms with Crippen molar-refractivity contribution < 1.29 is 9.90 Å². The lowest BCUT2D eigenvalue weighted by Gasteiger charge is -2.10. The van der Waals surface area contributed by atoms with Gasteiger partial charge in [-0.3, -0.25) is 4.79 Å². The fourth-order valence-corrected chi connectivity index (χ4v) is 1.49. The average Bonchev–Trinajstić information content (AvgIpc) is 2.19. The Hall–Kier alpha value is -1.06. The van der Waals surface area contributed by atoms with E-state index >= 15 is 0 Å². The second-order valence-electron chi connectivity index (χ2n) is 3.25. The normalized spacial score (nSPS) is 11.6. The first-order chi connectivity index (χ1) is 6.69. The van der Waals surface area contributed by atoms with Gasteiger partial charge in [-0.1, -0.05) is 31.2 Å². The van der Waals surface area contributed by atoms with E-state index in [0.717, 1.165) is 11.1 Å². The molecule has 0 amide bonds. The average molecular weight is 230 g/mol. The van der Waals surface area contributed by atoms with Gasteiger partial charge in [-0.15, -0.1) is 12.4 Å². The van der Waals surface area contributed by atoms with Gasteiger partial charge in [0.05, 0.1) is 5.92 Å². The van der Waals surface area contributed by atoms with Crippen LogP contribution in [0.25, 0.3) is 0 Å². The smallest absolute Gasteiger partial charge is 0.310 e. The third kappa shape index (κ3) is 3.53. The van der Waals surface area contributed by atoms with Gasteiger partial charge in [0.25, 0.3) is 0 Å². The van der Waals surface area contributed by atoms with E-state index in [1.807, 2.05) is 31.2 Å². The number of carbonyl (C=O) groups is 1. The van der Waals surface area contributed by atoms with Gasteiger partial charge in [0.1, 0.15) is 0 Å². The zero-order valence-electron chi connectivity index (χ0n) is 8.64. The molecule has 4 heteroatoms. The van der Waals surface area contributed by atoms with Crippen LogP contribution >= 0.6 is 12.4 Å². The van der Waals surface area contributed by atoms with Gasteiger partial charge in [0, 0.05) is 6.54 Å². The summed E-state index contributed by atoms with van der Waals surface area (Å²) in [5, 5.41) is 8.96. The Labute approximate surface area is 95.7 Å². The fraction of sp³-hybridized carbons (Fsp3) is 0.364. The van der Waals surface area contributed by atoms with Crippen LogP contribution in [0.1, 0.15) is 30.4 Å². The maximum atomic E-state index is 10.9. The number of carboxylic acid groups (broad SMARTS) is 1. The first kappa shape index (κ1) is 13.9. The molecule has 0 saturated carbocycles. The molecule has 1 aromatic rings. The van der Waals surface area contributed by atoms with E-state index in [-0.39, 0.29) is 12.4 Å². The number of halogens is 1. The predicted molar refractivity (Wildman–Crippen MR) is 62.2 cm³/mol. The van der Waals surface area contributed by atoms with Crippen molar-refractivity contribution in [2.45, 2.75) is 25.8 Å². The molecular formula is C11H16ClNO2. The summed E-state index contributed by atoms with van der Waals surface area (Å²) in [5.74, 6) is -1.19. The van der Waals surface area contributed by atoms with Crippen LogP contribution < -0.4 is 5.73 Å². The zero-order chi connectivity index (χ0) is 10.6. The van der Waals surface area contributed by atoms with Crippen LogP contribution in [-0.2, 0) is 11.3 Å². The minimum atomic E-state index is -0.776. The van der Waals surface area contributed by atoms with Gasteiger partial charge in [-0.05, 0) is 17.5 Å². The summed E-state index contributed by atoms with van der Waals surface area (Å²) in [7, 11) is 0. The molecule has 1 unspecified atom stereocenters. The van der Waals surface area contributed by atoms with Gasteiger partial charge >= 0.3 is 5.97 Å². The number of carboxylic acids is 1. The van der Waals surface area contributed by atoms with Crippen LogP contribution in [0.3, 0.4) is 0 Å². The summed E-state index contributed by atoms with van der Waals surface area (Å²) >= 11 is 0. The summed E-state index contributed by atoms with van der Waals surface area (Å²) in [6, 6.07) is 7.45. The molecule has 0 fully saturated rings. The van der Waals surface area contributed by atoms with Crippen molar-refractivity contribution in [1.82, 2.24) is 0 Å². The minimum absolute atomic E-state index is 0. The molecule has 1 rings (SSSR count). The number of hydrogen-bond acceptors (Lipinski definition) is 2. The molecule has 0 bridgehead atoms. The van der Waals surface area contributed by atoms with Crippen LogP contribution in [0.4, 0.5) is 0 Å². The van der Waals surface area contributed by atoms with E-state index in [0.29, 0.717) is 13.0 Å². The molecule has 0 saturated heterocycles. The zero-order valence-corrected chi connectivity index (χ0v) is 9.46. The summed E-state index contributed by atoms with van der Waals surface area (Å²) in [4.78, 5) is 10.9. The Balaban J connectivity index is 0.00000196. The summed E-state index contributed by atoms with van der Waals surface area (Å²) in [5.41, 5.74) is 7.30. The van der Waals surface area contributed by atoms with Crippen molar-refractivity contribution in [2.24, 2.45) is 5.73 Å². The molecule has 0 radical (unpaired) electrons. The highest BCUT2D eigenvalue weighted by Crippen LogP contribution is 2.20. The Morgan fingerprint density at radius 1 is 1.53 bits per heavy atom. The third-order valence-electron chi connectivity index (χ3n) is 2.30. The topological polar surface area (TPSA) is 63.3 Å². The molecule has 1 aromatic carbocycles. The minimum Gasteiger partial charge on any atom is -0.481 e. The van der Waals surface area contributed by atoms with Crippen LogP contribution in [0.15, 0.2) is 24.3 Å². The standard InChI is InChI=1S/C11H15NO2.ClH/c1-2-10(11(13)14)9-5-3-4-8(6-9)7-12;/h3-6,10H,2,7,12H2,1H3,(H,13,14);1H. The molecule has 0 aliphatic carbocycles. The Bertz CT molecular complexity index is 328. The molecule has 0 heterocycles. The maximum absolute atomic E-state index is 10.9. The lowest BCUT2D eigenvalue weighted by molar-refractivity contribution is -0.138. The van der Waals surface area contributed by atoms with E-state index in [4.69, 9.17) is 10.8 Å². The first-order valence-corrected chi connectivity index (χ1v) is 4.70. The fourth-order valence-electron chi connectivity index (χ4n) is 1.49. The number of benzene rings is 1. The number of nitrogens with two attached hydrogens (primary N) is 1. The second kappa shape index (κ2) is 6.43. The number of aliphatic carboxylic acids is 1. The highest BCUT2D eigenvalue weighted by atomic mass is 35.5. The van der Waals surface area contributed by atoms with Crippen LogP contribution in [0.2, 0.25) is 0 Å². The largest absolute Gasteiger partial charge is 0.481 e. The van der Waals surface area contributed by atoms with Crippen LogP contribution in [0.5, 0.6) is 0 Å². The molecule has 0 spiro atoms. The number of hydrogen-bond donors (Lipinski definition) is 2. The number of rotatable bonds is 4. The lowest BCUT2D eigenvalue weighted by atomic mass is 9.95. The Kier molecular flexibility index (Phi) is 5.97. The maximum Gasteiger partial charge on any atom is 0.310 e. The van der Waals surface area contributed by atoms with Crippen LogP contribution in [-0.4, -0.2) is 11.1 Å². The first-order valence-electron chi connectivity index (χ1n) is 4.70. The predicted octanol–water partition coefficient (Wildman–Crippen LogP) is 2.15. The van der Waals surface area contributed by atoms with Crippen molar-refractivity contribution in [3.63, 3.8) is 0 Å². The SMILES string of the molecule is CCC(C(=O)O)c1cccc(CN)c1.Cl. The Morgan fingerprint density at radius 3 is 2.67 bits per heavy atom. The van der Waals surface area contributed by atoms with Crippen molar-refractivity contribution in [3.05, 3.63) is 35.4 Å². The van der Waals surface area contributed by atoms with Gasteiger partial charge in [-0.2, -0.15) is 0 Å². The summed E-state index contributed by atoms with van der Waals surface area (Å²) in [6.45, 7) is 2.32. The second-order valence-corrected chi connectivity index (χ2v) is 3.25. The monoisotopic (exact) mass is 229 g/mol. The van der Waals surface area contributed by atoms with E-state index < -0.39 is 11.9 Å². The molecular weight excluding hydrogens is 214 g/mol. The molecule has 0 aromatic heterocycles. The van der Waals surface area contributed by atoms with Gasteiger partial charge in [0.15, 0.2) is 0 Å². The highest BCUT2D eigenvalue weighted by Gasteiger charge is 2.17. The molecule has 3 nitrogen and oxygen atoms in total. The van der Waals surface area contributed by atoms with Crippen molar-refractivity contribution in [2.75, 3.05) is 0 Å².